The van der Waals surface area contributed by atoms with E-state index in [0.29, 0.717) is 36.8 Å². The number of nitro groups is 1. The zero-order valence-corrected chi connectivity index (χ0v) is 17.7. The van der Waals surface area contributed by atoms with Crippen LogP contribution in [0, 0.1) is 17.0 Å². The average molecular weight is 433 g/mol. The fourth-order valence-electron chi connectivity index (χ4n) is 3.58. The van der Waals surface area contributed by atoms with E-state index in [1.807, 2.05) is 31.2 Å². The number of rotatable bonds is 4. The van der Waals surface area contributed by atoms with Crippen LogP contribution in [0.1, 0.15) is 12.1 Å². The van der Waals surface area contributed by atoms with Crippen molar-refractivity contribution in [3.8, 4) is 17.1 Å². The maximum Gasteiger partial charge on any atom is 0.415 e. The van der Waals surface area contributed by atoms with Crippen LogP contribution >= 0.6 is 0 Å². The molecule has 1 amide bonds. The summed E-state index contributed by atoms with van der Waals surface area (Å²) in [5, 5.41) is 11.1. The Morgan fingerprint density at radius 3 is 2.59 bits per heavy atom. The van der Waals surface area contributed by atoms with Gasteiger partial charge in [0.25, 0.3) is 5.69 Å². The van der Waals surface area contributed by atoms with E-state index in [1.54, 1.807) is 29.2 Å². The van der Waals surface area contributed by atoms with E-state index in [2.05, 4.69) is 14.9 Å². The molecule has 1 saturated heterocycles. The minimum absolute atomic E-state index is 0.00324. The number of nitrogens with zero attached hydrogens (tertiary/aromatic N) is 5. The Balaban J connectivity index is 1.49. The smallest absolute Gasteiger partial charge is 0.410 e. The van der Waals surface area contributed by atoms with Gasteiger partial charge in [-0.05, 0) is 25.5 Å². The van der Waals surface area contributed by atoms with Crippen molar-refractivity contribution in [1.82, 2.24) is 14.9 Å². The summed E-state index contributed by atoms with van der Waals surface area (Å²) in [4.78, 5) is 36.2. The van der Waals surface area contributed by atoms with E-state index in [9.17, 15) is 14.9 Å². The lowest BCUT2D eigenvalue weighted by Gasteiger charge is -2.23. The Morgan fingerprint density at radius 2 is 1.81 bits per heavy atom. The van der Waals surface area contributed by atoms with E-state index in [-0.39, 0.29) is 11.8 Å². The number of amides is 1. The van der Waals surface area contributed by atoms with Crippen molar-refractivity contribution in [2.45, 2.75) is 13.3 Å². The molecule has 1 aliphatic rings. The summed E-state index contributed by atoms with van der Waals surface area (Å²) in [5.41, 5.74) is 1.35. The summed E-state index contributed by atoms with van der Waals surface area (Å²) in [7, 11) is 0. The lowest BCUT2D eigenvalue weighted by atomic mass is 10.2. The van der Waals surface area contributed by atoms with Crippen molar-refractivity contribution < 1.29 is 14.5 Å². The highest BCUT2D eigenvalue weighted by Crippen LogP contribution is 2.24. The molecular formula is C23H23N5O4. The van der Waals surface area contributed by atoms with E-state index in [0.717, 1.165) is 24.5 Å². The van der Waals surface area contributed by atoms with Gasteiger partial charge < -0.3 is 14.5 Å². The van der Waals surface area contributed by atoms with Crippen LogP contribution in [0.15, 0.2) is 60.7 Å². The molecule has 0 radical (unpaired) electrons. The number of carbonyl (C=O) groups is 1. The Labute approximate surface area is 185 Å². The van der Waals surface area contributed by atoms with Gasteiger partial charge in [0.15, 0.2) is 5.82 Å². The zero-order chi connectivity index (χ0) is 22.5. The Morgan fingerprint density at radius 1 is 1.00 bits per heavy atom. The van der Waals surface area contributed by atoms with Crippen LogP contribution in [0.2, 0.25) is 0 Å². The molecule has 1 fully saturated rings. The first-order valence-electron chi connectivity index (χ1n) is 10.4. The number of aryl methyl sites for hydroxylation is 1. The Bertz CT molecular complexity index is 1120. The predicted octanol–water partition coefficient (Wildman–Crippen LogP) is 4.07. The molecule has 2 heterocycles. The van der Waals surface area contributed by atoms with Crippen molar-refractivity contribution in [1.29, 1.82) is 0 Å². The maximum atomic E-state index is 12.5. The van der Waals surface area contributed by atoms with Gasteiger partial charge in [-0.2, -0.15) is 0 Å². The molecule has 0 unspecified atom stereocenters. The van der Waals surface area contributed by atoms with Gasteiger partial charge in [-0.25, -0.2) is 14.8 Å². The number of anilines is 1. The van der Waals surface area contributed by atoms with Crippen LogP contribution in [0.4, 0.5) is 16.3 Å². The number of hydrogen-bond donors (Lipinski definition) is 0. The van der Waals surface area contributed by atoms with Crippen LogP contribution in [0.5, 0.6) is 5.75 Å². The highest BCUT2D eigenvalue weighted by Gasteiger charge is 2.22. The van der Waals surface area contributed by atoms with Crippen LogP contribution in [-0.2, 0) is 0 Å². The Kier molecular flexibility index (Phi) is 6.25. The van der Waals surface area contributed by atoms with Crippen LogP contribution in [0.3, 0.4) is 0 Å². The standard InChI is InChI=1S/C23H23N5O4/c1-17-15-21(25-22(24-17)18-7-5-8-19(16-18)28(30)31)26-11-6-12-27(14-13-26)23(29)32-20-9-3-2-4-10-20/h2-5,7-10,15-16H,6,11-14H2,1H3. The van der Waals surface area contributed by atoms with Crippen molar-refractivity contribution in [3.05, 3.63) is 76.5 Å². The number of carbonyl (C=O) groups excluding carboxylic acids is 1. The second kappa shape index (κ2) is 9.42. The molecule has 0 N–H and O–H groups in total. The topological polar surface area (TPSA) is 102 Å². The molecule has 9 nitrogen and oxygen atoms in total. The number of aromatic nitrogens is 2. The third-order valence-corrected chi connectivity index (χ3v) is 5.18. The van der Waals surface area contributed by atoms with Gasteiger partial charge in [0.05, 0.1) is 4.92 Å². The fraction of sp³-hybridized carbons (Fsp3) is 0.261. The van der Waals surface area contributed by atoms with Gasteiger partial charge in [-0.3, -0.25) is 10.1 Å². The number of para-hydroxylation sites is 1. The van der Waals surface area contributed by atoms with E-state index < -0.39 is 4.92 Å². The molecule has 0 spiro atoms. The summed E-state index contributed by atoms with van der Waals surface area (Å²) >= 11 is 0. The summed E-state index contributed by atoms with van der Waals surface area (Å²) in [5.74, 6) is 1.69. The number of hydrogen-bond acceptors (Lipinski definition) is 7. The fourth-order valence-corrected chi connectivity index (χ4v) is 3.58. The first kappa shape index (κ1) is 21.2. The lowest BCUT2D eigenvalue weighted by molar-refractivity contribution is -0.384. The lowest BCUT2D eigenvalue weighted by Crippen LogP contribution is -2.37. The molecule has 0 aliphatic carbocycles. The third-order valence-electron chi connectivity index (χ3n) is 5.18. The molecule has 1 aliphatic heterocycles. The molecule has 32 heavy (non-hydrogen) atoms. The SMILES string of the molecule is Cc1cc(N2CCCN(C(=O)Oc3ccccc3)CC2)nc(-c2cccc([N+](=O)[O-])c2)n1. The Hall–Kier alpha value is -4.01. The number of ether oxygens (including phenoxy) is 1. The van der Waals surface area contributed by atoms with Crippen molar-refractivity contribution in [2.24, 2.45) is 0 Å². The minimum atomic E-state index is -0.432. The molecule has 1 aromatic heterocycles. The number of benzene rings is 2. The zero-order valence-electron chi connectivity index (χ0n) is 17.7. The highest BCUT2D eigenvalue weighted by atomic mass is 16.6. The van der Waals surface area contributed by atoms with Gasteiger partial charge in [0, 0.05) is 55.6 Å². The number of nitro benzene ring substituents is 1. The maximum absolute atomic E-state index is 12.5. The number of non-ortho nitro benzene ring substituents is 1. The van der Waals surface area contributed by atoms with Crippen LogP contribution in [-0.4, -0.2) is 52.1 Å². The third kappa shape index (κ3) is 5.00. The van der Waals surface area contributed by atoms with Crippen molar-refractivity contribution >= 4 is 17.6 Å². The highest BCUT2D eigenvalue weighted by molar-refractivity contribution is 5.71. The monoisotopic (exact) mass is 433 g/mol. The normalized spacial score (nSPS) is 14.0. The molecule has 3 aromatic rings. The summed E-state index contributed by atoms with van der Waals surface area (Å²) in [6.07, 6.45) is 0.396. The van der Waals surface area contributed by atoms with Crippen molar-refractivity contribution in [2.75, 3.05) is 31.1 Å². The largest absolute Gasteiger partial charge is 0.415 e. The molecule has 0 bridgehead atoms. The first-order valence-corrected chi connectivity index (χ1v) is 10.4. The quantitative estimate of drug-likeness (QED) is 0.451. The van der Waals surface area contributed by atoms with Gasteiger partial charge >= 0.3 is 6.09 Å². The van der Waals surface area contributed by atoms with Crippen LogP contribution < -0.4 is 9.64 Å². The van der Waals surface area contributed by atoms with Gasteiger partial charge in [-0.15, -0.1) is 0 Å². The molecule has 2 aromatic carbocycles. The summed E-state index contributed by atoms with van der Waals surface area (Å²) in [6.45, 7) is 4.27. The van der Waals surface area contributed by atoms with E-state index in [1.165, 1.54) is 12.1 Å². The summed E-state index contributed by atoms with van der Waals surface area (Å²) in [6, 6.07) is 17.2. The summed E-state index contributed by atoms with van der Waals surface area (Å²) < 4.78 is 5.46. The van der Waals surface area contributed by atoms with Crippen molar-refractivity contribution in [3.63, 3.8) is 0 Å². The van der Waals surface area contributed by atoms with Gasteiger partial charge in [0.2, 0.25) is 0 Å². The molecule has 164 valence electrons. The van der Waals surface area contributed by atoms with E-state index >= 15 is 0 Å². The van der Waals surface area contributed by atoms with Gasteiger partial charge in [0.1, 0.15) is 11.6 Å². The molecule has 0 atom stereocenters. The molecule has 9 heteroatoms. The predicted molar refractivity (Wildman–Crippen MR) is 120 cm³/mol. The van der Waals surface area contributed by atoms with E-state index in [4.69, 9.17) is 4.74 Å². The molecule has 4 rings (SSSR count). The second-order valence-electron chi connectivity index (χ2n) is 7.51. The van der Waals surface area contributed by atoms with Crippen LogP contribution in [0.25, 0.3) is 11.4 Å². The minimum Gasteiger partial charge on any atom is -0.410 e. The second-order valence-corrected chi connectivity index (χ2v) is 7.51. The molecule has 0 saturated carbocycles. The molecular weight excluding hydrogens is 410 g/mol. The van der Waals surface area contributed by atoms with Gasteiger partial charge in [-0.1, -0.05) is 30.3 Å². The average Bonchev–Trinajstić information content (AvgIpc) is 3.06. The first-order chi connectivity index (χ1) is 15.5.